The van der Waals surface area contributed by atoms with E-state index in [0.717, 1.165) is 27.9 Å². The summed E-state index contributed by atoms with van der Waals surface area (Å²) in [6, 6.07) is 17.0. The first-order valence-corrected chi connectivity index (χ1v) is 9.41. The maximum atomic E-state index is 12.8. The van der Waals surface area contributed by atoms with E-state index in [1.54, 1.807) is 36.9 Å². The van der Waals surface area contributed by atoms with Gasteiger partial charge in [0.1, 0.15) is 5.03 Å². The fourth-order valence-corrected chi connectivity index (χ4v) is 3.61. The summed E-state index contributed by atoms with van der Waals surface area (Å²) < 4.78 is 0. The fourth-order valence-electron chi connectivity index (χ4n) is 2.66. The number of nitrogens with zero attached hydrogens (tertiary/aromatic N) is 3. The highest BCUT2D eigenvalue weighted by Crippen LogP contribution is 2.25. The number of pyridine rings is 3. The van der Waals surface area contributed by atoms with Crippen molar-refractivity contribution in [3.05, 3.63) is 90.5 Å². The van der Waals surface area contributed by atoms with Gasteiger partial charge in [-0.3, -0.25) is 14.8 Å². The van der Waals surface area contributed by atoms with E-state index >= 15 is 0 Å². The molecule has 4 aromatic rings. The van der Waals surface area contributed by atoms with Crippen molar-refractivity contribution in [2.75, 3.05) is 5.32 Å². The molecule has 0 saturated carbocycles. The number of rotatable bonds is 5. The van der Waals surface area contributed by atoms with Gasteiger partial charge in [0.15, 0.2) is 0 Å². The molecule has 27 heavy (non-hydrogen) atoms. The van der Waals surface area contributed by atoms with Crippen LogP contribution in [0.25, 0.3) is 10.9 Å². The van der Waals surface area contributed by atoms with Crippen LogP contribution in [0.5, 0.6) is 0 Å². The lowest BCUT2D eigenvalue weighted by atomic mass is 10.2. The van der Waals surface area contributed by atoms with Crippen molar-refractivity contribution in [2.45, 2.75) is 10.8 Å². The van der Waals surface area contributed by atoms with Gasteiger partial charge in [0, 0.05) is 41.6 Å². The maximum Gasteiger partial charge on any atom is 0.258 e. The molecular weight excluding hydrogens is 356 g/mol. The van der Waals surface area contributed by atoms with E-state index in [1.165, 1.54) is 11.8 Å². The number of carbonyl (C=O) groups excluding carboxylic acids is 1. The van der Waals surface area contributed by atoms with E-state index in [-0.39, 0.29) is 5.91 Å². The van der Waals surface area contributed by atoms with Gasteiger partial charge in [-0.15, -0.1) is 11.8 Å². The first-order chi connectivity index (χ1) is 13.3. The topological polar surface area (TPSA) is 67.8 Å². The average Bonchev–Trinajstić information content (AvgIpc) is 2.73. The highest BCUT2D eigenvalue weighted by molar-refractivity contribution is 7.98. The molecule has 0 atom stereocenters. The van der Waals surface area contributed by atoms with Gasteiger partial charge in [0.2, 0.25) is 0 Å². The Morgan fingerprint density at radius 1 is 0.926 bits per heavy atom. The molecule has 0 bridgehead atoms. The van der Waals surface area contributed by atoms with Crippen LogP contribution in [0.1, 0.15) is 15.9 Å². The second-order valence-corrected chi connectivity index (χ2v) is 6.83. The summed E-state index contributed by atoms with van der Waals surface area (Å²) in [5, 5.41) is 4.64. The molecule has 0 fully saturated rings. The first kappa shape index (κ1) is 17.2. The van der Waals surface area contributed by atoms with Gasteiger partial charge in [-0.2, -0.15) is 0 Å². The van der Waals surface area contributed by atoms with Crippen LogP contribution in [0.3, 0.4) is 0 Å². The standard InChI is InChI=1S/C21H16N4OS/c26-20(25-17-5-6-19-16(13-17)3-1-9-23-19)18-4-2-10-24-21(18)27-14-15-7-11-22-12-8-15/h1-13H,14H2,(H,25,26). The van der Waals surface area contributed by atoms with E-state index < -0.39 is 0 Å². The number of thioether (sulfide) groups is 1. The quantitative estimate of drug-likeness (QED) is 0.520. The number of carbonyl (C=O) groups is 1. The molecule has 1 N–H and O–H groups in total. The Morgan fingerprint density at radius 3 is 2.63 bits per heavy atom. The SMILES string of the molecule is O=C(Nc1ccc2ncccc2c1)c1cccnc1SCc1ccncc1. The number of hydrogen-bond donors (Lipinski definition) is 1. The van der Waals surface area contributed by atoms with Gasteiger partial charge < -0.3 is 5.32 Å². The number of anilines is 1. The Labute approximate surface area is 160 Å². The molecule has 0 radical (unpaired) electrons. The van der Waals surface area contributed by atoms with Crippen LogP contribution < -0.4 is 5.32 Å². The minimum Gasteiger partial charge on any atom is -0.322 e. The molecule has 6 heteroatoms. The number of benzene rings is 1. The van der Waals surface area contributed by atoms with Crippen LogP contribution >= 0.6 is 11.8 Å². The minimum atomic E-state index is -0.177. The first-order valence-electron chi connectivity index (χ1n) is 8.42. The minimum absolute atomic E-state index is 0.177. The predicted octanol–water partition coefficient (Wildman–Crippen LogP) is 4.57. The fraction of sp³-hybridized carbons (Fsp3) is 0.0476. The summed E-state index contributed by atoms with van der Waals surface area (Å²) in [6.07, 6.45) is 6.98. The van der Waals surface area contributed by atoms with Crippen LogP contribution in [0, 0.1) is 0 Å². The van der Waals surface area contributed by atoms with Crippen molar-refractivity contribution in [3.63, 3.8) is 0 Å². The number of aromatic nitrogens is 3. The third-order valence-electron chi connectivity index (χ3n) is 4.00. The number of hydrogen-bond acceptors (Lipinski definition) is 5. The summed E-state index contributed by atoms with van der Waals surface area (Å²) in [5.74, 6) is 0.546. The van der Waals surface area contributed by atoms with Crippen molar-refractivity contribution in [2.24, 2.45) is 0 Å². The van der Waals surface area contributed by atoms with Crippen LogP contribution in [0.15, 0.2) is 84.4 Å². The van der Waals surface area contributed by atoms with E-state index in [0.29, 0.717) is 10.6 Å². The Balaban J connectivity index is 1.52. The van der Waals surface area contributed by atoms with Gasteiger partial charge >= 0.3 is 0 Å². The van der Waals surface area contributed by atoms with Crippen molar-refractivity contribution >= 4 is 34.3 Å². The van der Waals surface area contributed by atoms with Gasteiger partial charge in [0.25, 0.3) is 5.91 Å². The molecule has 0 spiro atoms. The monoisotopic (exact) mass is 372 g/mol. The Bertz CT molecular complexity index is 1090. The zero-order chi connectivity index (χ0) is 18.5. The van der Waals surface area contributed by atoms with E-state index in [9.17, 15) is 4.79 Å². The number of fused-ring (bicyclic) bond motifs is 1. The molecule has 1 aromatic carbocycles. The van der Waals surface area contributed by atoms with Crippen molar-refractivity contribution in [3.8, 4) is 0 Å². The molecule has 0 unspecified atom stereocenters. The van der Waals surface area contributed by atoms with E-state index in [1.807, 2.05) is 42.5 Å². The molecule has 0 aliphatic heterocycles. The third-order valence-corrected chi connectivity index (χ3v) is 5.08. The highest BCUT2D eigenvalue weighted by atomic mass is 32.2. The molecule has 4 rings (SSSR count). The summed E-state index contributed by atoms with van der Waals surface area (Å²) in [5.41, 5.74) is 3.32. The van der Waals surface area contributed by atoms with Gasteiger partial charge in [-0.25, -0.2) is 4.98 Å². The Morgan fingerprint density at radius 2 is 1.74 bits per heavy atom. The lowest BCUT2D eigenvalue weighted by Gasteiger charge is -2.10. The number of amides is 1. The lowest BCUT2D eigenvalue weighted by molar-refractivity contribution is 0.102. The van der Waals surface area contributed by atoms with E-state index in [2.05, 4.69) is 20.3 Å². The lowest BCUT2D eigenvalue weighted by Crippen LogP contribution is -2.13. The molecule has 0 aliphatic carbocycles. The molecule has 3 aromatic heterocycles. The van der Waals surface area contributed by atoms with E-state index in [4.69, 9.17) is 0 Å². The van der Waals surface area contributed by atoms with Crippen LogP contribution in [0.4, 0.5) is 5.69 Å². The summed E-state index contributed by atoms with van der Waals surface area (Å²) in [7, 11) is 0. The molecule has 3 heterocycles. The molecule has 1 amide bonds. The molecule has 5 nitrogen and oxygen atoms in total. The molecule has 132 valence electrons. The largest absolute Gasteiger partial charge is 0.322 e. The Kier molecular flexibility index (Phi) is 5.07. The smallest absolute Gasteiger partial charge is 0.258 e. The summed E-state index contributed by atoms with van der Waals surface area (Å²) in [4.78, 5) is 25.5. The molecule has 0 saturated heterocycles. The van der Waals surface area contributed by atoms with Crippen LogP contribution in [0.2, 0.25) is 0 Å². The van der Waals surface area contributed by atoms with Crippen molar-refractivity contribution in [1.29, 1.82) is 0 Å². The second-order valence-electron chi connectivity index (χ2n) is 5.87. The summed E-state index contributed by atoms with van der Waals surface area (Å²) in [6.45, 7) is 0. The van der Waals surface area contributed by atoms with Gasteiger partial charge in [0.05, 0.1) is 11.1 Å². The molecule has 0 aliphatic rings. The maximum absolute atomic E-state index is 12.8. The zero-order valence-corrected chi connectivity index (χ0v) is 15.2. The number of nitrogens with one attached hydrogen (secondary N) is 1. The molecular formula is C21H16N4OS. The van der Waals surface area contributed by atoms with Crippen molar-refractivity contribution in [1.82, 2.24) is 15.0 Å². The zero-order valence-electron chi connectivity index (χ0n) is 14.4. The predicted molar refractivity (Wildman–Crippen MR) is 108 cm³/mol. The Hall–Kier alpha value is -3.25. The van der Waals surface area contributed by atoms with Gasteiger partial charge in [-0.05, 0) is 54.1 Å². The van der Waals surface area contributed by atoms with Crippen LogP contribution in [-0.2, 0) is 5.75 Å². The third kappa shape index (κ3) is 4.12. The van der Waals surface area contributed by atoms with Crippen LogP contribution in [-0.4, -0.2) is 20.9 Å². The summed E-state index contributed by atoms with van der Waals surface area (Å²) >= 11 is 1.53. The second kappa shape index (κ2) is 7.97. The van der Waals surface area contributed by atoms with Crippen molar-refractivity contribution < 1.29 is 4.79 Å². The normalized spacial score (nSPS) is 10.7. The van der Waals surface area contributed by atoms with Gasteiger partial charge in [-0.1, -0.05) is 6.07 Å². The average molecular weight is 372 g/mol. The highest BCUT2D eigenvalue weighted by Gasteiger charge is 2.13.